The minimum atomic E-state index is 0.548. The van der Waals surface area contributed by atoms with Gasteiger partial charge in [-0.05, 0) is 64.3 Å². The van der Waals surface area contributed by atoms with Gasteiger partial charge in [-0.2, -0.15) is 10.2 Å². The predicted molar refractivity (Wildman–Crippen MR) is 148 cm³/mol. The Bertz CT molecular complexity index is 964. The van der Waals surface area contributed by atoms with E-state index in [1.165, 1.54) is 0 Å². The van der Waals surface area contributed by atoms with Gasteiger partial charge < -0.3 is 15.5 Å². The molecule has 2 aromatic rings. The molecule has 0 spiro atoms. The van der Waals surface area contributed by atoms with Crippen LogP contribution in [0.2, 0.25) is 0 Å². The van der Waals surface area contributed by atoms with Crippen molar-refractivity contribution in [2.45, 2.75) is 27.7 Å². The van der Waals surface area contributed by atoms with Crippen LogP contribution in [0.15, 0.2) is 64.8 Å². The molecular weight excluding hydrogens is 450 g/mol. The van der Waals surface area contributed by atoms with E-state index in [4.69, 9.17) is 40.4 Å². The Kier molecular flexibility index (Phi) is 10.7. The highest BCUT2D eigenvalue weighted by molar-refractivity contribution is 7.80. The van der Waals surface area contributed by atoms with Crippen LogP contribution in [0.3, 0.4) is 0 Å². The minimum Gasteiger partial charge on any atom is -0.399 e. The Hall–Kier alpha value is -3.04. The Balaban J connectivity index is 2.55. The predicted octanol–water partition coefficient (Wildman–Crippen LogP) is 3.81. The SMILES string of the molecule is CCN(CC)C(=S)NN=C(C(=NNC(=S)N(CC)CC)c1ccc(N)cc1)c1ccccc1. The Morgan fingerprint density at radius 3 is 1.48 bits per heavy atom. The Labute approximate surface area is 207 Å². The molecule has 2 aromatic carbocycles. The van der Waals surface area contributed by atoms with Crippen LogP contribution in [-0.4, -0.2) is 57.6 Å². The summed E-state index contributed by atoms with van der Waals surface area (Å²) in [5.41, 5.74) is 15.7. The number of hydrogen-bond acceptors (Lipinski definition) is 5. The lowest BCUT2D eigenvalue weighted by molar-refractivity contribution is 0.457. The first-order valence-corrected chi connectivity index (χ1v) is 11.9. The van der Waals surface area contributed by atoms with E-state index < -0.39 is 0 Å². The highest BCUT2D eigenvalue weighted by Gasteiger charge is 2.17. The number of hydrazone groups is 2. The first kappa shape index (κ1) is 26.2. The highest BCUT2D eigenvalue weighted by Crippen LogP contribution is 2.13. The summed E-state index contributed by atoms with van der Waals surface area (Å²) in [6, 6.07) is 17.4. The second-order valence-electron chi connectivity index (χ2n) is 7.09. The molecule has 0 saturated heterocycles. The summed E-state index contributed by atoms with van der Waals surface area (Å²) in [5, 5.41) is 10.5. The van der Waals surface area contributed by atoms with Crippen molar-refractivity contribution in [2.24, 2.45) is 10.2 Å². The summed E-state index contributed by atoms with van der Waals surface area (Å²) in [5.74, 6) is 0. The van der Waals surface area contributed by atoms with Crippen molar-refractivity contribution in [3.63, 3.8) is 0 Å². The van der Waals surface area contributed by atoms with E-state index in [0.29, 0.717) is 27.3 Å². The molecule has 0 radical (unpaired) electrons. The fourth-order valence-corrected chi connectivity index (χ4v) is 3.72. The van der Waals surface area contributed by atoms with Crippen LogP contribution in [0.5, 0.6) is 0 Å². The molecule has 4 N–H and O–H groups in total. The van der Waals surface area contributed by atoms with Crippen molar-refractivity contribution >= 4 is 51.8 Å². The first-order chi connectivity index (χ1) is 15.9. The molecule has 176 valence electrons. The van der Waals surface area contributed by atoms with Crippen LogP contribution in [0.4, 0.5) is 5.69 Å². The molecule has 0 fully saturated rings. The molecule has 0 aromatic heterocycles. The quantitative estimate of drug-likeness (QED) is 0.217. The molecule has 0 atom stereocenters. The number of nitrogens with one attached hydrogen (secondary N) is 2. The second-order valence-corrected chi connectivity index (χ2v) is 7.86. The smallest absolute Gasteiger partial charge is 0.189 e. The van der Waals surface area contributed by atoms with E-state index in [2.05, 4.69) is 38.5 Å². The van der Waals surface area contributed by atoms with Crippen molar-refractivity contribution in [1.82, 2.24) is 20.7 Å². The van der Waals surface area contributed by atoms with Crippen LogP contribution in [-0.2, 0) is 0 Å². The molecule has 9 heteroatoms. The molecule has 0 bridgehead atoms. The molecule has 0 aliphatic carbocycles. The number of rotatable bonds is 9. The average molecular weight is 484 g/mol. The largest absolute Gasteiger partial charge is 0.399 e. The average Bonchev–Trinajstić information content (AvgIpc) is 2.84. The van der Waals surface area contributed by atoms with E-state index in [0.717, 1.165) is 37.3 Å². The van der Waals surface area contributed by atoms with Crippen molar-refractivity contribution in [2.75, 3.05) is 31.9 Å². The van der Waals surface area contributed by atoms with Gasteiger partial charge in [0.2, 0.25) is 0 Å². The van der Waals surface area contributed by atoms with Gasteiger partial charge in [0.05, 0.1) is 0 Å². The molecule has 33 heavy (non-hydrogen) atoms. The molecular formula is C24H33N7S2. The monoisotopic (exact) mass is 483 g/mol. The normalized spacial score (nSPS) is 11.6. The molecule has 0 amide bonds. The first-order valence-electron chi connectivity index (χ1n) is 11.1. The topological polar surface area (TPSA) is 81.3 Å². The number of nitrogen functional groups attached to an aromatic ring is 1. The fourth-order valence-electron chi connectivity index (χ4n) is 3.12. The lowest BCUT2D eigenvalue weighted by Crippen LogP contribution is -2.39. The summed E-state index contributed by atoms with van der Waals surface area (Å²) < 4.78 is 0. The standard InChI is InChI=1S/C24H33N7S2/c1-5-30(6-2)23(32)28-26-21(18-12-10-9-11-13-18)22(19-14-16-20(25)17-15-19)27-29-24(33)31(7-3)8-4/h9-17H,5-8,25H2,1-4H3,(H,28,32)(H,29,33). The van der Waals surface area contributed by atoms with E-state index >= 15 is 0 Å². The third kappa shape index (κ3) is 7.50. The summed E-state index contributed by atoms with van der Waals surface area (Å²) in [6.07, 6.45) is 0. The number of nitrogens with zero attached hydrogens (tertiary/aromatic N) is 4. The van der Waals surface area contributed by atoms with Crippen molar-refractivity contribution < 1.29 is 0 Å². The maximum Gasteiger partial charge on any atom is 0.189 e. The van der Waals surface area contributed by atoms with Gasteiger partial charge in [0.15, 0.2) is 10.2 Å². The van der Waals surface area contributed by atoms with Crippen LogP contribution in [0.1, 0.15) is 38.8 Å². The Morgan fingerprint density at radius 1 is 0.697 bits per heavy atom. The summed E-state index contributed by atoms with van der Waals surface area (Å²) >= 11 is 11.1. The van der Waals surface area contributed by atoms with Gasteiger partial charge in [-0.15, -0.1) is 0 Å². The molecule has 0 unspecified atom stereocenters. The molecule has 0 saturated carbocycles. The maximum absolute atomic E-state index is 5.93. The van der Waals surface area contributed by atoms with Gasteiger partial charge in [0.1, 0.15) is 11.4 Å². The van der Waals surface area contributed by atoms with Gasteiger partial charge in [0.25, 0.3) is 0 Å². The van der Waals surface area contributed by atoms with Crippen LogP contribution < -0.4 is 16.6 Å². The number of nitrogens with two attached hydrogens (primary N) is 1. The summed E-state index contributed by atoms with van der Waals surface area (Å²) in [4.78, 5) is 4.04. The van der Waals surface area contributed by atoms with E-state index in [-0.39, 0.29) is 0 Å². The zero-order valence-electron chi connectivity index (χ0n) is 19.7. The number of anilines is 1. The van der Waals surface area contributed by atoms with E-state index in [1.54, 1.807) is 0 Å². The number of hydrogen-bond donors (Lipinski definition) is 3. The van der Waals surface area contributed by atoms with Crippen LogP contribution >= 0.6 is 24.4 Å². The lowest BCUT2D eigenvalue weighted by atomic mass is 9.99. The minimum absolute atomic E-state index is 0.548. The van der Waals surface area contributed by atoms with Gasteiger partial charge in [-0.3, -0.25) is 10.9 Å². The van der Waals surface area contributed by atoms with E-state index in [1.807, 2.05) is 64.4 Å². The fraction of sp³-hybridized carbons (Fsp3) is 0.333. The molecule has 0 aliphatic rings. The van der Waals surface area contributed by atoms with Crippen molar-refractivity contribution in [3.8, 4) is 0 Å². The summed E-state index contributed by atoms with van der Waals surface area (Å²) in [6.45, 7) is 11.4. The molecule has 2 rings (SSSR count). The van der Waals surface area contributed by atoms with Crippen LogP contribution in [0.25, 0.3) is 0 Å². The van der Waals surface area contributed by atoms with Gasteiger partial charge in [-0.1, -0.05) is 42.5 Å². The zero-order valence-corrected chi connectivity index (χ0v) is 21.3. The Morgan fingerprint density at radius 2 is 1.09 bits per heavy atom. The second kappa shape index (κ2) is 13.5. The van der Waals surface area contributed by atoms with Crippen molar-refractivity contribution in [3.05, 3.63) is 65.7 Å². The van der Waals surface area contributed by atoms with Gasteiger partial charge in [-0.25, -0.2) is 0 Å². The highest BCUT2D eigenvalue weighted by atomic mass is 32.1. The third-order valence-electron chi connectivity index (χ3n) is 5.08. The van der Waals surface area contributed by atoms with Gasteiger partial charge in [0, 0.05) is 43.0 Å². The van der Waals surface area contributed by atoms with Crippen molar-refractivity contribution in [1.29, 1.82) is 0 Å². The molecule has 7 nitrogen and oxygen atoms in total. The summed E-state index contributed by atoms with van der Waals surface area (Å²) in [7, 11) is 0. The number of thiocarbonyl (C=S) groups is 2. The lowest BCUT2D eigenvalue weighted by Gasteiger charge is -2.22. The zero-order chi connectivity index (χ0) is 24.2. The van der Waals surface area contributed by atoms with E-state index in [9.17, 15) is 0 Å². The maximum atomic E-state index is 5.93. The number of benzene rings is 2. The molecule has 0 heterocycles. The van der Waals surface area contributed by atoms with Gasteiger partial charge >= 0.3 is 0 Å². The molecule has 0 aliphatic heterocycles. The third-order valence-corrected chi connectivity index (χ3v) is 5.78. The van der Waals surface area contributed by atoms with Crippen LogP contribution in [0, 0.1) is 0 Å².